The Labute approximate surface area is 80.8 Å². The van der Waals surface area contributed by atoms with Crippen molar-refractivity contribution < 1.29 is 0 Å². The summed E-state index contributed by atoms with van der Waals surface area (Å²) < 4.78 is 0. The maximum Gasteiger partial charge on any atom is 0.0295 e. The van der Waals surface area contributed by atoms with Crippen LogP contribution in [-0.2, 0) is 0 Å². The molecule has 1 aliphatic heterocycles. The summed E-state index contributed by atoms with van der Waals surface area (Å²) in [5.41, 5.74) is 7.59. The van der Waals surface area contributed by atoms with Gasteiger partial charge >= 0.3 is 0 Å². The molecule has 0 amide bonds. The minimum Gasteiger partial charge on any atom is -0.324 e. The number of hydrogen-bond acceptors (Lipinski definition) is 2. The van der Waals surface area contributed by atoms with E-state index in [9.17, 15) is 0 Å². The lowest BCUT2D eigenvalue weighted by atomic mass is 9.73. The van der Waals surface area contributed by atoms with Crippen LogP contribution in [0.4, 0.5) is 0 Å². The highest BCUT2D eigenvalue weighted by Gasteiger charge is 2.40. The molecule has 1 saturated heterocycles. The highest BCUT2D eigenvalue weighted by Crippen LogP contribution is 2.37. The van der Waals surface area contributed by atoms with Gasteiger partial charge in [0.1, 0.15) is 0 Å². The lowest BCUT2D eigenvalue weighted by molar-refractivity contribution is 0.293. The second kappa shape index (κ2) is 3.10. The van der Waals surface area contributed by atoms with Crippen LogP contribution in [0.2, 0.25) is 0 Å². The Morgan fingerprint density at radius 2 is 2.00 bits per heavy atom. The maximum atomic E-state index is 6.19. The third-order valence-electron chi connectivity index (χ3n) is 3.78. The molecule has 0 radical (unpaired) electrons. The maximum absolute atomic E-state index is 6.19. The number of likely N-dealkylation sites (tertiary alicyclic amines) is 1. The second-order valence-electron chi connectivity index (χ2n) is 4.84. The van der Waals surface area contributed by atoms with Crippen LogP contribution in [0.25, 0.3) is 0 Å². The number of fused-ring (bicyclic) bond motifs is 1. The number of allylic oxidation sites excluding steroid dienone is 1. The fourth-order valence-corrected chi connectivity index (χ4v) is 2.99. The Balaban J connectivity index is 2.23. The molecular weight excluding hydrogens is 160 g/mol. The minimum absolute atomic E-state index is 0.311. The first-order valence-electron chi connectivity index (χ1n) is 5.22. The molecule has 1 aliphatic carbocycles. The lowest BCUT2D eigenvalue weighted by Crippen LogP contribution is -2.41. The van der Waals surface area contributed by atoms with Crippen molar-refractivity contribution in [2.24, 2.45) is 23.5 Å². The van der Waals surface area contributed by atoms with Gasteiger partial charge in [-0.2, -0.15) is 0 Å². The highest BCUT2D eigenvalue weighted by molar-refractivity contribution is 5.18. The molecule has 2 N–H and O–H groups in total. The molecular formula is C11H20N2. The third-order valence-corrected chi connectivity index (χ3v) is 3.78. The Morgan fingerprint density at radius 3 is 2.69 bits per heavy atom. The SMILES string of the molecule is CC1=C[C@@H](C)[C@H]2CN(C)C[C@H]2[C@H]1N. The van der Waals surface area contributed by atoms with Gasteiger partial charge in [-0.25, -0.2) is 0 Å². The van der Waals surface area contributed by atoms with E-state index in [1.165, 1.54) is 18.7 Å². The van der Waals surface area contributed by atoms with Gasteiger partial charge in [0.25, 0.3) is 0 Å². The number of hydrogen-bond donors (Lipinski definition) is 1. The van der Waals surface area contributed by atoms with E-state index in [1.807, 2.05) is 0 Å². The molecule has 0 saturated carbocycles. The fourth-order valence-electron chi connectivity index (χ4n) is 2.99. The normalized spacial score (nSPS) is 46.0. The largest absolute Gasteiger partial charge is 0.324 e. The van der Waals surface area contributed by atoms with E-state index in [0.29, 0.717) is 12.0 Å². The van der Waals surface area contributed by atoms with Crippen molar-refractivity contribution in [1.29, 1.82) is 0 Å². The van der Waals surface area contributed by atoms with Gasteiger partial charge in [-0.15, -0.1) is 0 Å². The van der Waals surface area contributed by atoms with Crippen LogP contribution in [0.15, 0.2) is 11.6 Å². The monoisotopic (exact) mass is 180 g/mol. The average molecular weight is 180 g/mol. The molecule has 1 heterocycles. The molecule has 74 valence electrons. The lowest BCUT2D eigenvalue weighted by Gasteiger charge is -2.33. The molecule has 0 aromatic carbocycles. The van der Waals surface area contributed by atoms with Gasteiger partial charge < -0.3 is 10.6 Å². The average Bonchev–Trinajstić information content (AvgIpc) is 2.44. The zero-order chi connectivity index (χ0) is 9.59. The summed E-state index contributed by atoms with van der Waals surface area (Å²) in [7, 11) is 2.20. The number of nitrogens with two attached hydrogens (primary N) is 1. The predicted molar refractivity (Wildman–Crippen MR) is 55.4 cm³/mol. The number of nitrogens with zero attached hydrogens (tertiary/aromatic N) is 1. The van der Waals surface area contributed by atoms with Crippen LogP contribution in [-0.4, -0.2) is 31.1 Å². The standard InChI is InChI=1S/C11H20N2/c1-7-4-8(2)11(12)10-6-13(3)5-9(7)10/h4,7,9-11H,5-6,12H2,1-3H3/t7-,9-,10-,11+/m1/s1. The molecule has 2 aliphatic rings. The summed E-state index contributed by atoms with van der Waals surface area (Å²) in [4.78, 5) is 2.41. The third kappa shape index (κ3) is 1.42. The fraction of sp³-hybridized carbons (Fsp3) is 0.818. The molecule has 0 spiro atoms. The molecule has 1 fully saturated rings. The van der Waals surface area contributed by atoms with Crippen molar-refractivity contribution in [1.82, 2.24) is 4.90 Å². The van der Waals surface area contributed by atoms with Gasteiger partial charge in [0.15, 0.2) is 0 Å². The zero-order valence-corrected chi connectivity index (χ0v) is 8.83. The summed E-state index contributed by atoms with van der Waals surface area (Å²) in [5, 5.41) is 0. The van der Waals surface area contributed by atoms with E-state index in [2.05, 4.69) is 31.9 Å². The van der Waals surface area contributed by atoms with E-state index in [0.717, 1.165) is 11.8 Å². The van der Waals surface area contributed by atoms with Crippen LogP contribution in [0, 0.1) is 17.8 Å². The molecule has 0 aromatic heterocycles. The summed E-state index contributed by atoms with van der Waals surface area (Å²) >= 11 is 0. The molecule has 0 aromatic rings. The van der Waals surface area contributed by atoms with Crippen LogP contribution in [0.3, 0.4) is 0 Å². The van der Waals surface area contributed by atoms with Crippen LogP contribution in [0.5, 0.6) is 0 Å². The van der Waals surface area contributed by atoms with Crippen LogP contribution in [0.1, 0.15) is 13.8 Å². The van der Waals surface area contributed by atoms with E-state index in [-0.39, 0.29) is 0 Å². The summed E-state index contributed by atoms with van der Waals surface area (Å²) in [6, 6.07) is 0.311. The van der Waals surface area contributed by atoms with Crippen molar-refractivity contribution >= 4 is 0 Å². The quantitative estimate of drug-likeness (QED) is 0.565. The van der Waals surface area contributed by atoms with E-state index in [4.69, 9.17) is 5.73 Å². The molecule has 4 atom stereocenters. The summed E-state index contributed by atoms with van der Waals surface area (Å²) in [6.07, 6.45) is 2.37. The predicted octanol–water partition coefficient (Wildman–Crippen LogP) is 1.09. The van der Waals surface area contributed by atoms with Crippen molar-refractivity contribution in [3.8, 4) is 0 Å². The Morgan fingerprint density at radius 1 is 1.38 bits per heavy atom. The minimum atomic E-state index is 0.311. The van der Waals surface area contributed by atoms with E-state index in [1.54, 1.807) is 0 Å². The van der Waals surface area contributed by atoms with Gasteiger partial charge in [-0.1, -0.05) is 18.6 Å². The molecule has 2 nitrogen and oxygen atoms in total. The second-order valence-corrected chi connectivity index (χ2v) is 4.84. The van der Waals surface area contributed by atoms with Gasteiger partial charge in [0, 0.05) is 19.1 Å². The Kier molecular flexibility index (Phi) is 2.20. The van der Waals surface area contributed by atoms with Crippen LogP contribution >= 0.6 is 0 Å². The summed E-state index contributed by atoms with van der Waals surface area (Å²) in [6.45, 7) is 6.91. The zero-order valence-electron chi connectivity index (χ0n) is 8.83. The molecule has 13 heavy (non-hydrogen) atoms. The van der Waals surface area contributed by atoms with Crippen molar-refractivity contribution in [3.63, 3.8) is 0 Å². The highest BCUT2D eigenvalue weighted by atomic mass is 15.1. The van der Waals surface area contributed by atoms with Crippen LogP contribution < -0.4 is 5.73 Å². The molecule has 0 bridgehead atoms. The van der Waals surface area contributed by atoms with E-state index >= 15 is 0 Å². The van der Waals surface area contributed by atoms with Gasteiger partial charge in [0.2, 0.25) is 0 Å². The van der Waals surface area contributed by atoms with Crippen molar-refractivity contribution in [2.45, 2.75) is 19.9 Å². The Bertz CT molecular complexity index is 234. The van der Waals surface area contributed by atoms with Gasteiger partial charge in [0.05, 0.1) is 0 Å². The topological polar surface area (TPSA) is 29.3 Å². The first kappa shape index (κ1) is 9.22. The van der Waals surface area contributed by atoms with Gasteiger partial charge in [-0.3, -0.25) is 0 Å². The molecule has 2 rings (SSSR count). The molecule has 2 heteroatoms. The van der Waals surface area contributed by atoms with Crippen molar-refractivity contribution in [3.05, 3.63) is 11.6 Å². The summed E-state index contributed by atoms with van der Waals surface area (Å²) in [5.74, 6) is 2.21. The van der Waals surface area contributed by atoms with Gasteiger partial charge in [-0.05, 0) is 31.7 Å². The van der Waals surface area contributed by atoms with E-state index < -0.39 is 0 Å². The molecule has 0 unspecified atom stereocenters. The number of rotatable bonds is 0. The first-order chi connectivity index (χ1) is 6.09. The van der Waals surface area contributed by atoms with Crippen molar-refractivity contribution in [2.75, 3.05) is 20.1 Å². The Hall–Kier alpha value is -0.340. The smallest absolute Gasteiger partial charge is 0.0295 e. The first-order valence-corrected chi connectivity index (χ1v) is 5.22.